The minimum atomic E-state index is -3.79. The number of aryl methyl sites for hydroxylation is 2. The number of fused-ring (bicyclic) bond motifs is 1. The van der Waals surface area contributed by atoms with Crippen molar-refractivity contribution in [2.45, 2.75) is 24.7 Å². The average Bonchev–Trinajstić information content (AvgIpc) is 3.03. The van der Waals surface area contributed by atoms with Crippen molar-refractivity contribution in [3.63, 3.8) is 0 Å². The van der Waals surface area contributed by atoms with Crippen LogP contribution < -0.4 is 0 Å². The first-order chi connectivity index (χ1) is 12.5. The molecule has 1 heterocycles. The van der Waals surface area contributed by atoms with Crippen LogP contribution in [0.5, 0.6) is 0 Å². The first kappa shape index (κ1) is 17.2. The molecule has 0 saturated heterocycles. The molecule has 0 radical (unpaired) electrons. The maximum absolute atomic E-state index is 13.3. The van der Waals surface area contributed by atoms with Crippen LogP contribution in [0.25, 0.3) is 17.3 Å². The molecule has 0 N–H and O–H groups in total. The normalized spacial score (nSPS) is 13.6. The van der Waals surface area contributed by atoms with E-state index < -0.39 is 10.0 Å². The summed E-state index contributed by atoms with van der Waals surface area (Å²) in [6.07, 6.45) is 5.64. The Morgan fingerprint density at radius 2 is 1.81 bits per heavy atom. The molecule has 0 bridgehead atoms. The van der Waals surface area contributed by atoms with Gasteiger partial charge in [0.05, 0.1) is 16.3 Å². The molecule has 1 aliphatic carbocycles. The van der Waals surface area contributed by atoms with Crippen LogP contribution in [-0.2, 0) is 16.4 Å². The SMILES string of the molecule is Cc1ccc(S(=O)(=O)n2nc3c(c2-c2ccccc2Br)C=CCC3)cc1. The maximum atomic E-state index is 13.3. The Balaban J connectivity index is 2.00. The van der Waals surface area contributed by atoms with Crippen LogP contribution in [0.3, 0.4) is 0 Å². The van der Waals surface area contributed by atoms with Gasteiger partial charge in [-0.2, -0.15) is 17.6 Å². The van der Waals surface area contributed by atoms with E-state index in [4.69, 9.17) is 0 Å². The summed E-state index contributed by atoms with van der Waals surface area (Å²) in [4.78, 5) is 0.236. The van der Waals surface area contributed by atoms with E-state index in [0.717, 1.165) is 39.7 Å². The number of allylic oxidation sites excluding steroid dienone is 1. The van der Waals surface area contributed by atoms with Crippen molar-refractivity contribution >= 4 is 32.0 Å². The van der Waals surface area contributed by atoms with Gasteiger partial charge in [-0.3, -0.25) is 0 Å². The van der Waals surface area contributed by atoms with Crippen molar-refractivity contribution in [2.24, 2.45) is 0 Å². The molecule has 4 nitrogen and oxygen atoms in total. The van der Waals surface area contributed by atoms with Crippen molar-refractivity contribution in [3.8, 4) is 11.3 Å². The molecule has 4 rings (SSSR count). The molecule has 3 aromatic rings. The summed E-state index contributed by atoms with van der Waals surface area (Å²) in [5, 5.41) is 4.50. The van der Waals surface area contributed by atoms with Crippen molar-refractivity contribution in [1.29, 1.82) is 0 Å². The highest BCUT2D eigenvalue weighted by Crippen LogP contribution is 2.36. The van der Waals surface area contributed by atoms with Gasteiger partial charge in [-0.25, -0.2) is 0 Å². The molecule has 0 fully saturated rings. The van der Waals surface area contributed by atoms with E-state index in [-0.39, 0.29) is 4.90 Å². The fraction of sp³-hybridized carbons (Fsp3) is 0.150. The lowest BCUT2D eigenvalue weighted by molar-refractivity contribution is 0.580. The topological polar surface area (TPSA) is 52.0 Å². The molecule has 0 saturated carbocycles. The number of benzene rings is 2. The number of rotatable bonds is 3. The van der Waals surface area contributed by atoms with Gasteiger partial charge in [-0.15, -0.1) is 0 Å². The van der Waals surface area contributed by atoms with Crippen LogP contribution in [0.1, 0.15) is 23.2 Å². The van der Waals surface area contributed by atoms with Gasteiger partial charge in [-0.1, -0.05) is 64.0 Å². The predicted molar refractivity (Wildman–Crippen MR) is 106 cm³/mol. The highest BCUT2D eigenvalue weighted by Gasteiger charge is 2.28. The van der Waals surface area contributed by atoms with Gasteiger partial charge in [0.2, 0.25) is 0 Å². The fourth-order valence-electron chi connectivity index (χ4n) is 3.12. The number of aromatic nitrogens is 2. The van der Waals surface area contributed by atoms with Gasteiger partial charge < -0.3 is 0 Å². The zero-order valence-electron chi connectivity index (χ0n) is 14.2. The third-order valence-electron chi connectivity index (χ3n) is 4.48. The number of hydrogen-bond donors (Lipinski definition) is 0. The van der Waals surface area contributed by atoms with Crippen LogP contribution in [0.2, 0.25) is 0 Å². The standard InChI is InChI=1S/C20H17BrN2O2S/c1-14-10-12-15(13-11-14)26(24,25)23-20(16-6-2-4-8-18(16)21)17-7-3-5-9-19(17)22-23/h2-4,6-8,10-13H,5,9H2,1H3. The summed E-state index contributed by atoms with van der Waals surface area (Å²) in [6, 6.07) is 14.5. The second kappa shape index (κ2) is 6.52. The minimum Gasteiger partial charge on any atom is -0.199 e. The van der Waals surface area contributed by atoms with Gasteiger partial charge in [0.1, 0.15) is 0 Å². The third kappa shape index (κ3) is 2.83. The Labute approximate surface area is 161 Å². The number of hydrogen-bond acceptors (Lipinski definition) is 3. The van der Waals surface area contributed by atoms with Gasteiger partial charge >= 0.3 is 0 Å². The molecule has 0 atom stereocenters. The van der Waals surface area contributed by atoms with E-state index in [1.54, 1.807) is 24.3 Å². The minimum absolute atomic E-state index is 0.236. The molecule has 1 aromatic heterocycles. The lowest BCUT2D eigenvalue weighted by atomic mass is 9.99. The van der Waals surface area contributed by atoms with E-state index in [0.29, 0.717) is 5.69 Å². The lowest BCUT2D eigenvalue weighted by Crippen LogP contribution is -2.16. The molecule has 26 heavy (non-hydrogen) atoms. The van der Waals surface area contributed by atoms with Gasteiger partial charge in [-0.05, 0) is 38.0 Å². The van der Waals surface area contributed by atoms with E-state index in [1.807, 2.05) is 37.3 Å². The van der Waals surface area contributed by atoms with E-state index in [1.165, 1.54) is 4.09 Å². The predicted octanol–water partition coefficient (Wildman–Crippen LogP) is 4.82. The van der Waals surface area contributed by atoms with Gasteiger partial charge in [0.15, 0.2) is 0 Å². The van der Waals surface area contributed by atoms with Gasteiger partial charge in [0, 0.05) is 15.6 Å². The fourth-order valence-corrected chi connectivity index (χ4v) is 4.92. The first-order valence-electron chi connectivity index (χ1n) is 8.34. The summed E-state index contributed by atoms with van der Waals surface area (Å²) in [7, 11) is -3.79. The molecule has 132 valence electrons. The van der Waals surface area contributed by atoms with Gasteiger partial charge in [0.25, 0.3) is 10.0 Å². The van der Waals surface area contributed by atoms with Crippen molar-refractivity contribution in [3.05, 3.63) is 75.9 Å². The summed E-state index contributed by atoms with van der Waals surface area (Å²) in [6.45, 7) is 1.93. The summed E-state index contributed by atoms with van der Waals surface area (Å²) in [5.74, 6) is 0. The lowest BCUT2D eigenvalue weighted by Gasteiger charge is -2.12. The highest BCUT2D eigenvalue weighted by atomic mass is 79.9. The molecule has 1 aliphatic rings. The number of halogens is 1. The molecule has 0 spiro atoms. The van der Waals surface area contributed by atoms with Crippen LogP contribution >= 0.6 is 15.9 Å². The second-order valence-corrected chi connectivity index (χ2v) is 8.91. The van der Waals surface area contributed by atoms with Crippen LogP contribution in [0.15, 0.2) is 64.0 Å². The smallest absolute Gasteiger partial charge is 0.199 e. The quantitative estimate of drug-likeness (QED) is 0.600. The Morgan fingerprint density at radius 1 is 1.08 bits per heavy atom. The Hall–Kier alpha value is -2.18. The van der Waals surface area contributed by atoms with Crippen LogP contribution in [0.4, 0.5) is 0 Å². The first-order valence-corrected chi connectivity index (χ1v) is 10.6. The molecule has 0 aliphatic heterocycles. The molecule has 2 aromatic carbocycles. The zero-order chi connectivity index (χ0) is 18.3. The molecular formula is C20H17BrN2O2S. The number of nitrogens with zero attached hydrogens (tertiary/aromatic N) is 2. The molecule has 0 amide bonds. The van der Waals surface area contributed by atoms with E-state index in [9.17, 15) is 8.42 Å². The highest BCUT2D eigenvalue weighted by molar-refractivity contribution is 9.10. The second-order valence-electron chi connectivity index (χ2n) is 6.29. The third-order valence-corrected chi connectivity index (χ3v) is 6.76. The monoisotopic (exact) mass is 428 g/mol. The van der Waals surface area contributed by atoms with E-state index >= 15 is 0 Å². The molecular weight excluding hydrogens is 412 g/mol. The largest absolute Gasteiger partial charge is 0.283 e. The molecule has 0 unspecified atom stereocenters. The van der Waals surface area contributed by atoms with Crippen molar-refractivity contribution < 1.29 is 8.42 Å². The molecule has 6 heteroatoms. The van der Waals surface area contributed by atoms with Crippen LogP contribution in [0, 0.1) is 6.92 Å². The summed E-state index contributed by atoms with van der Waals surface area (Å²) >= 11 is 3.55. The van der Waals surface area contributed by atoms with Crippen molar-refractivity contribution in [2.75, 3.05) is 0 Å². The summed E-state index contributed by atoms with van der Waals surface area (Å²) in [5.41, 5.74) is 4.11. The Morgan fingerprint density at radius 3 is 2.54 bits per heavy atom. The zero-order valence-corrected chi connectivity index (χ0v) is 16.6. The average molecular weight is 429 g/mol. The Kier molecular flexibility index (Phi) is 4.32. The Bertz CT molecular complexity index is 1110. The van der Waals surface area contributed by atoms with E-state index in [2.05, 4.69) is 27.1 Å². The summed E-state index contributed by atoms with van der Waals surface area (Å²) < 4.78 is 28.7. The maximum Gasteiger partial charge on any atom is 0.283 e. The van der Waals surface area contributed by atoms with Crippen LogP contribution in [-0.4, -0.2) is 17.6 Å². The van der Waals surface area contributed by atoms with Crippen molar-refractivity contribution in [1.82, 2.24) is 9.19 Å².